The Kier molecular flexibility index (Phi) is 6.50. The Morgan fingerprint density at radius 1 is 1.00 bits per heavy atom. The van der Waals surface area contributed by atoms with Gasteiger partial charge in [-0.05, 0) is 49.1 Å². The second kappa shape index (κ2) is 9.46. The van der Waals surface area contributed by atoms with E-state index in [0.29, 0.717) is 21.4 Å². The van der Waals surface area contributed by atoms with E-state index >= 15 is 0 Å². The quantitative estimate of drug-likeness (QED) is 0.577. The van der Waals surface area contributed by atoms with Crippen molar-refractivity contribution in [1.82, 2.24) is 10.2 Å². The lowest BCUT2D eigenvalue weighted by Gasteiger charge is -2.03. The van der Waals surface area contributed by atoms with E-state index < -0.39 is 0 Å². The summed E-state index contributed by atoms with van der Waals surface area (Å²) in [5.74, 6) is -0.273. The molecule has 0 aliphatic rings. The second-order valence-corrected chi connectivity index (χ2v) is 6.90. The van der Waals surface area contributed by atoms with Gasteiger partial charge in [0.1, 0.15) is 0 Å². The van der Waals surface area contributed by atoms with E-state index in [1.165, 1.54) is 16.9 Å². The van der Waals surface area contributed by atoms with Crippen LogP contribution in [0.15, 0.2) is 54.6 Å². The zero-order chi connectivity index (χ0) is 18.9. The first kappa shape index (κ1) is 18.5. The molecule has 0 atom stereocenters. The number of rotatable bonds is 8. The minimum absolute atomic E-state index is 0.273. The van der Waals surface area contributed by atoms with Crippen LogP contribution in [0.4, 0.5) is 10.3 Å². The summed E-state index contributed by atoms with van der Waals surface area (Å²) < 4.78 is 0. The number of nitrogens with one attached hydrogen (secondary N) is 2. The van der Waals surface area contributed by atoms with Gasteiger partial charge in [0.2, 0.25) is 10.3 Å². The van der Waals surface area contributed by atoms with Gasteiger partial charge in [0.25, 0.3) is 5.91 Å². The highest BCUT2D eigenvalue weighted by Crippen LogP contribution is 2.20. The van der Waals surface area contributed by atoms with Gasteiger partial charge in [-0.3, -0.25) is 10.1 Å². The molecule has 1 heterocycles. The number of hydrogen-bond donors (Lipinski definition) is 2. The molecule has 0 saturated carbocycles. The lowest BCUT2D eigenvalue weighted by Crippen LogP contribution is -2.11. The van der Waals surface area contributed by atoms with Crippen molar-refractivity contribution in [3.05, 3.63) is 71.3 Å². The smallest absolute Gasteiger partial charge is 0.257 e. The molecule has 0 aliphatic heterocycles. The van der Waals surface area contributed by atoms with Gasteiger partial charge in [0, 0.05) is 12.1 Å². The maximum atomic E-state index is 12.2. The number of nitrogens with zero attached hydrogens (tertiary/aromatic N) is 3. The first-order valence-corrected chi connectivity index (χ1v) is 9.49. The highest BCUT2D eigenvalue weighted by atomic mass is 32.1. The van der Waals surface area contributed by atoms with Gasteiger partial charge < -0.3 is 5.32 Å². The van der Waals surface area contributed by atoms with Crippen LogP contribution in [-0.2, 0) is 6.42 Å². The molecular formula is C20H19N5OS. The van der Waals surface area contributed by atoms with Gasteiger partial charge in [-0.1, -0.05) is 41.7 Å². The molecule has 0 saturated heterocycles. The molecule has 2 aromatic carbocycles. The number of carbonyl (C=O) groups is 1. The van der Waals surface area contributed by atoms with E-state index in [1.54, 1.807) is 24.3 Å². The average molecular weight is 377 g/mol. The lowest BCUT2D eigenvalue weighted by atomic mass is 10.1. The standard InChI is InChI=1S/C20H19N5OS/c21-14-16-9-11-17(12-10-16)18(26)23-20-25-24-19(27-20)22-13-5-4-8-15-6-2-1-3-7-15/h1-3,6-7,9-12H,4-5,8,13H2,(H,22,24)(H,23,25,26). The highest BCUT2D eigenvalue weighted by Gasteiger charge is 2.10. The summed E-state index contributed by atoms with van der Waals surface area (Å²) in [4.78, 5) is 12.2. The van der Waals surface area contributed by atoms with Crippen molar-refractivity contribution in [2.24, 2.45) is 0 Å². The molecule has 27 heavy (non-hydrogen) atoms. The minimum atomic E-state index is -0.273. The van der Waals surface area contributed by atoms with Crippen molar-refractivity contribution < 1.29 is 4.79 Å². The molecular weight excluding hydrogens is 358 g/mol. The van der Waals surface area contributed by atoms with Gasteiger partial charge in [-0.2, -0.15) is 5.26 Å². The Bertz CT molecular complexity index is 916. The number of nitriles is 1. The van der Waals surface area contributed by atoms with E-state index in [0.717, 1.165) is 25.8 Å². The summed E-state index contributed by atoms with van der Waals surface area (Å²) in [6, 6.07) is 18.9. The predicted molar refractivity (Wildman–Crippen MR) is 107 cm³/mol. The molecule has 1 amide bonds. The Hall–Kier alpha value is -3.24. The van der Waals surface area contributed by atoms with Crippen molar-refractivity contribution >= 4 is 27.5 Å². The van der Waals surface area contributed by atoms with E-state index in [1.807, 2.05) is 12.1 Å². The third-order valence-corrected chi connectivity index (χ3v) is 4.73. The van der Waals surface area contributed by atoms with Crippen LogP contribution in [-0.4, -0.2) is 22.6 Å². The number of aromatic nitrogens is 2. The van der Waals surface area contributed by atoms with Crippen LogP contribution in [0, 0.1) is 11.3 Å². The zero-order valence-corrected chi connectivity index (χ0v) is 15.5. The lowest BCUT2D eigenvalue weighted by molar-refractivity contribution is 0.102. The monoisotopic (exact) mass is 377 g/mol. The van der Waals surface area contributed by atoms with Gasteiger partial charge >= 0.3 is 0 Å². The normalized spacial score (nSPS) is 10.2. The third-order valence-electron chi connectivity index (χ3n) is 3.93. The molecule has 0 aliphatic carbocycles. The Balaban J connectivity index is 1.41. The zero-order valence-electron chi connectivity index (χ0n) is 14.7. The van der Waals surface area contributed by atoms with Crippen LogP contribution >= 0.6 is 11.3 Å². The van der Waals surface area contributed by atoms with E-state index in [4.69, 9.17) is 5.26 Å². The fourth-order valence-electron chi connectivity index (χ4n) is 2.50. The van der Waals surface area contributed by atoms with Gasteiger partial charge in [0.05, 0.1) is 11.6 Å². The molecule has 3 rings (SSSR count). The summed E-state index contributed by atoms with van der Waals surface area (Å²) in [6.45, 7) is 0.811. The van der Waals surface area contributed by atoms with Crippen LogP contribution in [0.5, 0.6) is 0 Å². The summed E-state index contributed by atoms with van der Waals surface area (Å²) >= 11 is 1.30. The van der Waals surface area contributed by atoms with Crippen LogP contribution in [0.25, 0.3) is 0 Å². The molecule has 7 heteroatoms. The van der Waals surface area contributed by atoms with Gasteiger partial charge in [-0.15, -0.1) is 10.2 Å². The van der Waals surface area contributed by atoms with Gasteiger partial charge in [-0.25, -0.2) is 0 Å². The highest BCUT2D eigenvalue weighted by molar-refractivity contribution is 7.19. The molecule has 0 unspecified atom stereocenters. The Labute approximate surface area is 161 Å². The van der Waals surface area contributed by atoms with Crippen molar-refractivity contribution in [3.63, 3.8) is 0 Å². The average Bonchev–Trinajstić information content (AvgIpc) is 3.15. The molecule has 0 radical (unpaired) electrons. The SMILES string of the molecule is N#Cc1ccc(C(=O)Nc2nnc(NCCCCc3ccccc3)s2)cc1. The predicted octanol–water partition coefficient (Wildman–Crippen LogP) is 4.10. The summed E-state index contributed by atoms with van der Waals surface area (Å²) in [6.07, 6.45) is 3.18. The van der Waals surface area contributed by atoms with E-state index in [9.17, 15) is 4.79 Å². The molecule has 3 aromatic rings. The number of aryl methyl sites for hydroxylation is 1. The molecule has 2 N–H and O–H groups in total. The summed E-state index contributed by atoms with van der Waals surface area (Å²) in [5.41, 5.74) is 2.34. The maximum absolute atomic E-state index is 12.2. The molecule has 1 aromatic heterocycles. The molecule has 6 nitrogen and oxygen atoms in total. The summed E-state index contributed by atoms with van der Waals surface area (Å²) in [5, 5.41) is 23.9. The van der Waals surface area contributed by atoms with Crippen LogP contribution < -0.4 is 10.6 Å². The van der Waals surface area contributed by atoms with Gasteiger partial charge in [0.15, 0.2) is 0 Å². The summed E-state index contributed by atoms with van der Waals surface area (Å²) in [7, 11) is 0. The maximum Gasteiger partial charge on any atom is 0.257 e. The van der Waals surface area contributed by atoms with Crippen LogP contribution in [0.3, 0.4) is 0 Å². The fourth-order valence-corrected chi connectivity index (χ4v) is 3.17. The van der Waals surface area contributed by atoms with Crippen molar-refractivity contribution in [2.75, 3.05) is 17.2 Å². The van der Waals surface area contributed by atoms with Crippen LogP contribution in [0.2, 0.25) is 0 Å². The number of hydrogen-bond acceptors (Lipinski definition) is 6. The molecule has 0 fully saturated rings. The number of amides is 1. The Morgan fingerprint density at radius 2 is 1.74 bits per heavy atom. The first-order chi connectivity index (χ1) is 13.2. The van der Waals surface area contributed by atoms with E-state index in [-0.39, 0.29) is 5.91 Å². The van der Waals surface area contributed by atoms with E-state index in [2.05, 4.69) is 45.1 Å². The minimum Gasteiger partial charge on any atom is -0.360 e. The largest absolute Gasteiger partial charge is 0.360 e. The van der Waals surface area contributed by atoms with Crippen molar-refractivity contribution in [1.29, 1.82) is 5.26 Å². The first-order valence-electron chi connectivity index (χ1n) is 8.67. The molecule has 0 bridgehead atoms. The second-order valence-electron chi connectivity index (χ2n) is 5.93. The fraction of sp³-hybridized carbons (Fsp3) is 0.200. The molecule has 136 valence electrons. The van der Waals surface area contributed by atoms with Crippen molar-refractivity contribution in [2.45, 2.75) is 19.3 Å². The number of carbonyl (C=O) groups excluding carboxylic acids is 1. The topological polar surface area (TPSA) is 90.7 Å². The van der Waals surface area contributed by atoms with Crippen LogP contribution in [0.1, 0.15) is 34.3 Å². The number of anilines is 2. The Morgan fingerprint density at radius 3 is 2.48 bits per heavy atom. The van der Waals surface area contributed by atoms with Crippen molar-refractivity contribution in [3.8, 4) is 6.07 Å². The number of unbranched alkanes of at least 4 members (excludes halogenated alkanes) is 1. The number of benzene rings is 2. The third kappa shape index (κ3) is 5.62. The molecule has 0 spiro atoms.